The molecule has 0 saturated carbocycles. The Kier molecular flexibility index (Phi) is 6.21. The highest BCUT2D eigenvalue weighted by molar-refractivity contribution is 5.78. The minimum absolute atomic E-state index is 0.0826. The molecule has 0 bridgehead atoms. The van der Waals surface area contributed by atoms with E-state index < -0.39 is 0 Å². The highest BCUT2D eigenvalue weighted by Gasteiger charge is 2.22. The van der Waals surface area contributed by atoms with Crippen LogP contribution in [0.1, 0.15) is 43.4 Å². The van der Waals surface area contributed by atoms with E-state index >= 15 is 0 Å². The van der Waals surface area contributed by atoms with Gasteiger partial charge in [0.15, 0.2) is 0 Å². The number of rotatable bonds is 8. The van der Waals surface area contributed by atoms with Crippen molar-refractivity contribution in [3.8, 4) is 0 Å². The van der Waals surface area contributed by atoms with Gasteiger partial charge in [-0.3, -0.25) is 4.98 Å². The maximum atomic E-state index is 9.20. The summed E-state index contributed by atoms with van der Waals surface area (Å²) in [7, 11) is 0. The van der Waals surface area contributed by atoms with Gasteiger partial charge in [0.25, 0.3) is 0 Å². The first kappa shape index (κ1) is 18.4. The van der Waals surface area contributed by atoms with Crippen molar-refractivity contribution in [2.24, 2.45) is 0 Å². The monoisotopic (exact) mass is 351 g/mol. The third-order valence-electron chi connectivity index (χ3n) is 4.61. The Balaban J connectivity index is 1.78. The smallest absolute Gasteiger partial charge is 0.130 e. The number of aromatic nitrogens is 1. The third kappa shape index (κ3) is 4.40. The minimum atomic E-state index is -0.101. The molecule has 4 heteroatoms. The molecule has 0 aromatic carbocycles. The van der Waals surface area contributed by atoms with E-state index in [1.165, 1.54) is 5.57 Å². The number of hydrogen-bond acceptors (Lipinski definition) is 4. The summed E-state index contributed by atoms with van der Waals surface area (Å²) in [5.74, 6) is 1.27. The van der Waals surface area contributed by atoms with E-state index in [0.717, 1.165) is 41.9 Å². The summed E-state index contributed by atoms with van der Waals surface area (Å²) in [6, 6.07) is 9.54. The van der Waals surface area contributed by atoms with Crippen molar-refractivity contribution in [2.45, 2.75) is 38.9 Å². The second kappa shape index (κ2) is 8.79. The van der Waals surface area contributed by atoms with E-state index in [4.69, 9.17) is 9.15 Å². The lowest BCUT2D eigenvalue weighted by Gasteiger charge is -2.17. The summed E-state index contributed by atoms with van der Waals surface area (Å²) < 4.78 is 11.5. The third-order valence-corrected chi connectivity index (χ3v) is 4.61. The molecule has 4 nitrogen and oxygen atoms in total. The molecule has 26 heavy (non-hydrogen) atoms. The predicted molar refractivity (Wildman–Crippen MR) is 103 cm³/mol. The zero-order chi connectivity index (χ0) is 18.4. The van der Waals surface area contributed by atoms with Gasteiger partial charge < -0.3 is 14.3 Å². The molecule has 0 radical (unpaired) electrons. The minimum Gasteiger partial charge on any atom is -0.459 e. The Bertz CT molecular complexity index is 802. The van der Waals surface area contributed by atoms with Gasteiger partial charge in [-0.25, -0.2) is 0 Å². The van der Waals surface area contributed by atoms with Crippen molar-refractivity contribution < 1.29 is 14.3 Å². The molecule has 1 unspecified atom stereocenters. The van der Waals surface area contributed by atoms with Gasteiger partial charge in [0.1, 0.15) is 18.1 Å². The van der Waals surface area contributed by atoms with E-state index in [0.29, 0.717) is 12.4 Å². The van der Waals surface area contributed by atoms with Gasteiger partial charge >= 0.3 is 0 Å². The lowest BCUT2D eigenvalue weighted by molar-refractivity contribution is 0.117. The average molecular weight is 351 g/mol. The van der Waals surface area contributed by atoms with Gasteiger partial charge in [0.05, 0.1) is 18.4 Å². The SMILES string of the molecule is C=C(CC)C1=CCOC1CC/C(=C/c1ccc(CO)o1)c1ccccn1. The fourth-order valence-electron chi connectivity index (χ4n) is 3.13. The van der Waals surface area contributed by atoms with Gasteiger partial charge in [-0.15, -0.1) is 0 Å². The van der Waals surface area contributed by atoms with Gasteiger partial charge in [-0.2, -0.15) is 0 Å². The van der Waals surface area contributed by atoms with Crippen molar-refractivity contribution in [2.75, 3.05) is 6.61 Å². The van der Waals surface area contributed by atoms with Crippen LogP contribution in [0.3, 0.4) is 0 Å². The van der Waals surface area contributed by atoms with Crippen molar-refractivity contribution in [3.63, 3.8) is 0 Å². The molecule has 2 aromatic rings. The lowest BCUT2D eigenvalue weighted by atomic mass is 9.95. The molecule has 0 spiro atoms. The standard InChI is InChI=1S/C22H25NO3/c1-3-16(2)20-11-13-25-22(20)10-7-17(21-6-4-5-12-23-21)14-18-8-9-19(15-24)26-18/h4-6,8-9,11-12,14,22,24H,2-3,7,10,13,15H2,1H3/b17-14-. The van der Waals surface area contributed by atoms with E-state index in [2.05, 4.69) is 24.6 Å². The maximum Gasteiger partial charge on any atom is 0.130 e. The van der Waals surface area contributed by atoms with E-state index in [1.54, 1.807) is 12.3 Å². The fraction of sp³-hybridized carbons (Fsp3) is 0.318. The van der Waals surface area contributed by atoms with Crippen LogP contribution in [-0.4, -0.2) is 22.8 Å². The van der Waals surface area contributed by atoms with Crippen LogP contribution in [0.2, 0.25) is 0 Å². The summed E-state index contributed by atoms with van der Waals surface area (Å²) in [6.45, 7) is 6.83. The van der Waals surface area contributed by atoms with Gasteiger partial charge in [-0.1, -0.05) is 25.6 Å². The van der Waals surface area contributed by atoms with Crippen molar-refractivity contribution >= 4 is 11.6 Å². The molecule has 3 heterocycles. The molecule has 1 aliphatic heterocycles. The van der Waals surface area contributed by atoms with Crippen LogP contribution in [0.15, 0.2) is 64.7 Å². The van der Waals surface area contributed by atoms with E-state index in [-0.39, 0.29) is 12.7 Å². The molecule has 0 saturated heterocycles. The lowest BCUT2D eigenvalue weighted by Crippen LogP contribution is -2.11. The molecule has 1 aliphatic rings. The number of aliphatic hydroxyl groups excluding tert-OH is 1. The van der Waals surface area contributed by atoms with Crippen LogP contribution in [0.4, 0.5) is 0 Å². The molecule has 1 N–H and O–H groups in total. The van der Waals surface area contributed by atoms with Crippen molar-refractivity contribution in [3.05, 3.63) is 77.5 Å². The first-order chi connectivity index (χ1) is 12.7. The highest BCUT2D eigenvalue weighted by atomic mass is 16.5. The molecule has 136 valence electrons. The van der Waals surface area contributed by atoms with E-state index in [9.17, 15) is 5.11 Å². The Morgan fingerprint density at radius 2 is 2.23 bits per heavy atom. The molecule has 3 rings (SSSR count). The summed E-state index contributed by atoms with van der Waals surface area (Å²) in [6.07, 6.45) is 8.62. The molecule has 1 atom stereocenters. The zero-order valence-electron chi connectivity index (χ0n) is 15.1. The highest BCUT2D eigenvalue weighted by Crippen LogP contribution is 2.30. The number of allylic oxidation sites excluding steroid dienone is 1. The maximum absolute atomic E-state index is 9.20. The van der Waals surface area contributed by atoms with Gasteiger partial charge in [0.2, 0.25) is 0 Å². The predicted octanol–water partition coefficient (Wildman–Crippen LogP) is 4.78. The van der Waals surface area contributed by atoms with E-state index in [1.807, 2.05) is 30.3 Å². The Morgan fingerprint density at radius 3 is 2.92 bits per heavy atom. The fourth-order valence-corrected chi connectivity index (χ4v) is 3.13. The topological polar surface area (TPSA) is 55.5 Å². The number of hydrogen-bond donors (Lipinski definition) is 1. The Hall–Kier alpha value is -2.43. The second-order valence-corrected chi connectivity index (χ2v) is 6.32. The summed E-state index contributed by atoms with van der Waals surface area (Å²) in [4.78, 5) is 4.49. The Morgan fingerprint density at radius 1 is 1.35 bits per heavy atom. The molecular weight excluding hydrogens is 326 g/mol. The summed E-state index contributed by atoms with van der Waals surface area (Å²) >= 11 is 0. The van der Waals surface area contributed by atoms with Gasteiger partial charge in [-0.05, 0) is 66.3 Å². The van der Waals surface area contributed by atoms with Crippen molar-refractivity contribution in [1.82, 2.24) is 4.98 Å². The molecule has 0 fully saturated rings. The van der Waals surface area contributed by atoms with Crippen molar-refractivity contribution in [1.29, 1.82) is 0 Å². The molecule has 0 aliphatic carbocycles. The number of ether oxygens (including phenoxy) is 1. The normalized spacial score (nSPS) is 17.4. The Labute approximate surface area is 154 Å². The van der Waals surface area contributed by atoms with Crippen LogP contribution in [0.5, 0.6) is 0 Å². The first-order valence-electron chi connectivity index (χ1n) is 9.02. The van der Waals surface area contributed by atoms with Gasteiger partial charge in [0, 0.05) is 6.20 Å². The number of pyridine rings is 1. The molecule has 0 amide bonds. The summed E-state index contributed by atoms with van der Waals surface area (Å²) in [5.41, 5.74) is 4.39. The number of furan rings is 1. The zero-order valence-corrected chi connectivity index (χ0v) is 15.1. The average Bonchev–Trinajstić information content (AvgIpc) is 3.34. The largest absolute Gasteiger partial charge is 0.459 e. The van der Waals surface area contributed by atoms with Crippen LogP contribution in [-0.2, 0) is 11.3 Å². The van der Waals surface area contributed by atoms with Crippen LogP contribution >= 0.6 is 0 Å². The quantitative estimate of drug-likeness (QED) is 0.744. The van der Waals surface area contributed by atoms with Crippen LogP contribution in [0.25, 0.3) is 11.6 Å². The number of aliphatic hydroxyl groups is 1. The van der Waals surface area contributed by atoms with Crippen LogP contribution < -0.4 is 0 Å². The summed E-state index contributed by atoms with van der Waals surface area (Å²) in [5, 5.41) is 9.20. The molecule has 2 aromatic heterocycles. The second-order valence-electron chi connectivity index (χ2n) is 6.32. The molecular formula is C22H25NO3. The van der Waals surface area contributed by atoms with Crippen LogP contribution in [0, 0.1) is 0 Å². The number of nitrogens with zero attached hydrogens (tertiary/aromatic N) is 1. The first-order valence-corrected chi connectivity index (χ1v) is 9.02.